The SMILES string of the molecule is COc1cc(C)c(C(C)NC(=O)c2ccccc2N)cc1OC.Cl. The van der Waals surface area contributed by atoms with E-state index in [1.807, 2.05) is 26.0 Å². The van der Waals surface area contributed by atoms with E-state index in [0.717, 1.165) is 11.1 Å². The molecule has 0 aliphatic carbocycles. The largest absolute Gasteiger partial charge is 0.493 e. The highest BCUT2D eigenvalue weighted by Gasteiger charge is 2.17. The predicted octanol–water partition coefficient (Wildman–Crippen LogP) is 3.51. The Hall–Kier alpha value is -2.40. The second kappa shape index (κ2) is 8.45. The summed E-state index contributed by atoms with van der Waals surface area (Å²) in [5.41, 5.74) is 8.76. The molecule has 2 rings (SSSR count). The standard InChI is InChI=1S/C18H22N2O3.ClH/c1-11-9-16(22-3)17(23-4)10-14(11)12(2)20-18(21)13-7-5-6-8-15(13)19;/h5-10,12H,19H2,1-4H3,(H,20,21);1H. The normalized spacial score (nSPS) is 11.2. The molecule has 5 nitrogen and oxygen atoms in total. The molecule has 24 heavy (non-hydrogen) atoms. The molecule has 0 saturated heterocycles. The fourth-order valence-electron chi connectivity index (χ4n) is 2.52. The summed E-state index contributed by atoms with van der Waals surface area (Å²) in [6, 6.07) is 10.6. The van der Waals surface area contributed by atoms with Gasteiger partial charge in [-0.3, -0.25) is 4.79 Å². The minimum Gasteiger partial charge on any atom is -0.493 e. The number of nitrogen functional groups attached to an aromatic ring is 1. The van der Waals surface area contributed by atoms with Crippen LogP contribution < -0.4 is 20.5 Å². The summed E-state index contributed by atoms with van der Waals surface area (Å²) in [6.45, 7) is 3.89. The molecule has 1 atom stereocenters. The second-order valence-corrected chi connectivity index (χ2v) is 5.35. The lowest BCUT2D eigenvalue weighted by Gasteiger charge is -2.19. The topological polar surface area (TPSA) is 73.6 Å². The van der Waals surface area contributed by atoms with E-state index < -0.39 is 0 Å². The summed E-state index contributed by atoms with van der Waals surface area (Å²) >= 11 is 0. The molecule has 6 heteroatoms. The van der Waals surface area contributed by atoms with Crippen molar-refractivity contribution in [3.63, 3.8) is 0 Å². The highest BCUT2D eigenvalue weighted by molar-refractivity contribution is 5.99. The van der Waals surface area contributed by atoms with Crippen molar-refractivity contribution in [1.82, 2.24) is 5.32 Å². The van der Waals surface area contributed by atoms with Crippen LogP contribution in [0.1, 0.15) is 34.5 Å². The summed E-state index contributed by atoms with van der Waals surface area (Å²) in [7, 11) is 3.19. The van der Waals surface area contributed by atoms with Gasteiger partial charge in [0.25, 0.3) is 5.91 Å². The van der Waals surface area contributed by atoms with Gasteiger partial charge in [0.2, 0.25) is 0 Å². The van der Waals surface area contributed by atoms with Crippen molar-refractivity contribution in [2.24, 2.45) is 0 Å². The van der Waals surface area contributed by atoms with E-state index in [1.54, 1.807) is 38.5 Å². The maximum atomic E-state index is 12.4. The molecule has 0 spiro atoms. The van der Waals surface area contributed by atoms with Crippen LogP contribution in [0.3, 0.4) is 0 Å². The van der Waals surface area contributed by atoms with Crippen LogP contribution in [-0.4, -0.2) is 20.1 Å². The first kappa shape index (κ1) is 19.6. The second-order valence-electron chi connectivity index (χ2n) is 5.35. The summed E-state index contributed by atoms with van der Waals surface area (Å²) in [5.74, 6) is 1.10. The van der Waals surface area contributed by atoms with E-state index >= 15 is 0 Å². The Morgan fingerprint density at radius 2 is 1.71 bits per heavy atom. The fraction of sp³-hybridized carbons (Fsp3) is 0.278. The molecule has 0 saturated carbocycles. The summed E-state index contributed by atoms with van der Waals surface area (Å²) in [4.78, 5) is 12.4. The molecular weight excluding hydrogens is 328 g/mol. The van der Waals surface area contributed by atoms with E-state index in [0.29, 0.717) is 22.7 Å². The number of anilines is 1. The number of nitrogens with one attached hydrogen (secondary N) is 1. The van der Waals surface area contributed by atoms with Crippen molar-refractivity contribution in [2.75, 3.05) is 20.0 Å². The zero-order valence-electron chi connectivity index (χ0n) is 14.3. The van der Waals surface area contributed by atoms with Crippen molar-refractivity contribution in [3.8, 4) is 11.5 Å². The summed E-state index contributed by atoms with van der Waals surface area (Å²) in [6.07, 6.45) is 0. The average molecular weight is 351 g/mol. The number of carbonyl (C=O) groups is 1. The zero-order chi connectivity index (χ0) is 17.0. The van der Waals surface area contributed by atoms with Crippen LogP contribution in [0.25, 0.3) is 0 Å². The van der Waals surface area contributed by atoms with Gasteiger partial charge in [-0.2, -0.15) is 0 Å². The Morgan fingerprint density at radius 1 is 1.12 bits per heavy atom. The third-order valence-electron chi connectivity index (χ3n) is 3.79. The van der Waals surface area contributed by atoms with Gasteiger partial charge in [-0.15, -0.1) is 12.4 Å². The van der Waals surface area contributed by atoms with Gasteiger partial charge >= 0.3 is 0 Å². The first-order chi connectivity index (χ1) is 11.0. The molecule has 0 heterocycles. The van der Waals surface area contributed by atoms with Gasteiger partial charge in [-0.1, -0.05) is 12.1 Å². The lowest BCUT2D eigenvalue weighted by atomic mass is 10.0. The van der Waals surface area contributed by atoms with Gasteiger partial charge < -0.3 is 20.5 Å². The van der Waals surface area contributed by atoms with Crippen LogP contribution in [0.4, 0.5) is 5.69 Å². The third-order valence-corrected chi connectivity index (χ3v) is 3.79. The Kier molecular flexibility index (Phi) is 6.92. The Balaban J connectivity index is 0.00000288. The number of amides is 1. The number of carbonyl (C=O) groups excluding carboxylic acids is 1. The van der Waals surface area contributed by atoms with Gasteiger partial charge in [0, 0.05) is 5.69 Å². The molecule has 1 amide bonds. The maximum absolute atomic E-state index is 12.4. The molecule has 0 fully saturated rings. The molecule has 0 aliphatic rings. The highest BCUT2D eigenvalue weighted by atomic mass is 35.5. The number of halogens is 1. The molecule has 0 aromatic heterocycles. The van der Waals surface area contributed by atoms with Crippen LogP contribution in [0.2, 0.25) is 0 Å². The van der Waals surface area contributed by atoms with Crippen molar-refractivity contribution < 1.29 is 14.3 Å². The zero-order valence-corrected chi connectivity index (χ0v) is 15.1. The number of ether oxygens (including phenoxy) is 2. The van der Waals surface area contributed by atoms with Crippen LogP contribution in [0.5, 0.6) is 11.5 Å². The summed E-state index contributed by atoms with van der Waals surface area (Å²) < 4.78 is 10.6. The first-order valence-corrected chi connectivity index (χ1v) is 7.35. The van der Waals surface area contributed by atoms with E-state index in [-0.39, 0.29) is 24.4 Å². The maximum Gasteiger partial charge on any atom is 0.253 e. The van der Waals surface area contributed by atoms with Gasteiger partial charge in [0.1, 0.15) is 0 Å². The van der Waals surface area contributed by atoms with Crippen LogP contribution in [0, 0.1) is 6.92 Å². The van der Waals surface area contributed by atoms with E-state index in [9.17, 15) is 4.79 Å². The number of methoxy groups -OCH3 is 2. The number of para-hydroxylation sites is 1. The molecule has 130 valence electrons. The Morgan fingerprint density at radius 3 is 2.29 bits per heavy atom. The first-order valence-electron chi connectivity index (χ1n) is 7.35. The van der Waals surface area contributed by atoms with E-state index in [4.69, 9.17) is 15.2 Å². The van der Waals surface area contributed by atoms with Gasteiger partial charge in [0.05, 0.1) is 25.8 Å². The summed E-state index contributed by atoms with van der Waals surface area (Å²) in [5, 5.41) is 2.97. The molecule has 0 radical (unpaired) electrons. The lowest BCUT2D eigenvalue weighted by molar-refractivity contribution is 0.0940. The van der Waals surface area contributed by atoms with Crippen molar-refractivity contribution in [2.45, 2.75) is 19.9 Å². The van der Waals surface area contributed by atoms with Crippen LogP contribution in [0.15, 0.2) is 36.4 Å². The number of aryl methyl sites for hydroxylation is 1. The molecule has 2 aromatic carbocycles. The van der Waals surface area contributed by atoms with Crippen molar-refractivity contribution in [1.29, 1.82) is 0 Å². The molecule has 3 N–H and O–H groups in total. The molecule has 0 aliphatic heterocycles. The van der Waals surface area contributed by atoms with Crippen molar-refractivity contribution in [3.05, 3.63) is 53.1 Å². The molecule has 0 bridgehead atoms. The van der Waals surface area contributed by atoms with E-state index in [1.165, 1.54) is 0 Å². The quantitative estimate of drug-likeness (QED) is 0.809. The molecular formula is C18H23ClN2O3. The Labute approximate surface area is 148 Å². The third kappa shape index (κ3) is 4.11. The molecule has 1 unspecified atom stereocenters. The number of rotatable bonds is 5. The number of benzene rings is 2. The van der Waals surface area contributed by atoms with Crippen LogP contribution >= 0.6 is 12.4 Å². The van der Waals surface area contributed by atoms with Crippen LogP contribution in [-0.2, 0) is 0 Å². The Bertz CT molecular complexity index is 719. The number of nitrogens with two attached hydrogens (primary N) is 1. The number of hydrogen-bond donors (Lipinski definition) is 2. The fourth-order valence-corrected chi connectivity index (χ4v) is 2.52. The average Bonchev–Trinajstić information content (AvgIpc) is 2.54. The number of hydrogen-bond acceptors (Lipinski definition) is 4. The van der Waals surface area contributed by atoms with E-state index in [2.05, 4.69) is 5.32 Å². The van der Waals surface area contributed by atoms with Crippen molar-refractivity contribution >= 4 is 24.0 Å². The smallest absolute Gasteiger partial charge is 0.253 e. The minimum absolute atomic E-state index is 0. The molecule has 2 aromatic rings. The monoisotopic (exact) mass is 350 g/mol. The predicted molar refractivity (Wildman–Crippen MR) is 98.3 cm³/mol. The lowest BCUT2D eigenvalue weighted by Crippen LogP contribution is -2.27. The van der Waals surface area contributed by atoms with Gasteiger partial charge in [0.15, 0.2) is 11.5 Å². The minimum atomic E-state index is -0.204. The van der Waals surface area contributed by atoms with Gasteiger partial charge in [-0.25, -0.2) is 0 Å². The highest BCUT2D eigenvalue weighted by Crippen LogP contribution is 2.33. The van der Waals surface area contributed by atoms with Gasteiger partial charge in [-0.05, 0) is 49.2 Å².